The molecule has 2 amide bonds. The van der Waals surface area contributed by atoms with E-state index in [-0.39, 0.29) is 23.3 Å². The highest BCUT2D eigenvalue weighted by Crippen LogP contribution is 2.59. The van der Waals surface area contributed by atoms with E-state index >= 15 is 0 Å². The van der Waals surface area contributed by atoms with Gasteiger partial charge in [-0.25, -0.2) is 4.79 Å². The smallest absolute Gasteiger partial charge is 0.407 e. The second kappa shape index (κ2) is 5.73. The zero-order valence-corrected chi connectivity index (χ0v) is 15.2. The summed E-state index contributed by atoms with van der Waals surface area (Å²) in [5, 5.41) is 2.78. The van der Waals surface area contributed by atoms with Crippen LogP contribution in [-0.2, 0) is 14.9 Å². The van der Waals surface area contributed by atoms with Gasteiger partial charge in [0.25, 0.3) is 0 Å². The molecule has 4 aliphatic rings. The van der Waals surface area contributed by atoms with Crippen molar-refractivity contribution in [2.75, 3.05) is 20.2 Å². The van der Waals surface area contributed by atoms with E-state index in [1.807, 2.05) is 0 Å². The van der Waals surface area contributed by atoms with Gasteiger partial charge in [0.15, 0.2) is 0 Å². The quantitative estimate of drug-likeness (QED) is 0.904. The number of ether oxygens (including phenoxy) is 1. The third-order valence-corrected chi connectivity index (χ3v) is 6.99. The van der Waals surface area contributed by atoms with Gasteiger partial charge in [0.05, 0.1) is 7.11 Å². The van der Waals surface area contributed by atoms with E-state index < -0.39 is 6.09 Å². The Bertz CT molecular complexity index is 736. The minimum atomic E-state index is -0.406. The van der Waals surface area contributed by atoms with E-state index in [0.29, 0.717) is 5.92 Å². The number of amides is 2. The summed E-state index contributed by atoms with van der Waals surface area (Å²) in [5.74, 6) is 1.75. The van der Waals surface area contributed by atoms with Crippen molar-refractivity contribution < 1.29 is 14.3 Å². The molecule has 5 nitrogen and oxygen atoms in total. The van der Waals surface area contributed by atoms with Crippen LogP contribution in [0.5, 0.6) is 0 Å². The predicted octanol–water partition coefficient (Wildman–Crippen LogP) is 2.80. The number of hydrogen-bond donors (Lipinski definition) is 1. The number of benzene rings is 1. The van der Waals surface area contributed by atoms with Crippen LogP contribution in [-0.4, -0.2) is 43.1 Å². The van der Waals surface area contributed by atoms with Crippen LogP contribution in [0, 0.1) is 11.8 Å². The molecule has 1 saturated heterocycles. The maximum atomic E-state index is 12.8. The van der Waals surface area contributed by atoms with Crippen molar-refractivity contribution in [3.05, 3.63) is 35.4 Å². The van der Waals surface area contributed by atoms with Crippen LogP contribution < -0.4 is 5.32 Å². The molecule has 1 heterocycles. The summed E-state index contributed by atoms with van der Waals surface area (Å²) >= 11 is 0. The van der Waals surface area contributed by atoms with Crippen molar-refractivity contribution in [3.63, 3.8) is 0 Å². The number of nitrogens with one attached hydrogen (secondary N) is 1. The first-order valence-corrected chi connectivity index (χ1v) is 9.83. The predicted molar refractivity (Wildman–Crippen MR) is 96.8 cm³/mol. The van der Waals surface area contributed by atoms with Gasteiger partial charge in [0.1, 0.15) is 0 Å². The van der Waals surface area contributed by atoms with E-state index in [0.717, 1.165) is 31.8 Å². The molecule has 3 saturated carbocycles. The van der Waals surface area contributed by atoms with Crippen molar-refractivity contribution in [1.29, 1.82) is 0 Å². The lowest BCUT2D eigenvalue weighted by atomic mass is 9.79. The molecule has 0 radical (unpaired) electrons. The van der Waals surface area contributed by atoms with E-state index in [9.17, 15) is 9.59 Å². The Kier molecular flexibility index (Phi) is 3.56. The summed E-state index contributed by atoms with van der Waals surface area (Å²) < 4.78 is 4.62. The van der Waals surface area contributed by atoms with Crippen molar-refractivity contribution in [1.82, 2.24) is 10.2 Å². The van der Waals surface area contributed by atoms with Crippen molar-refractivity contribution in [2.45, 2.75) is 49.5 Å². The van der Waals surface area contributed by atoms with Crippen molar-refractivity contribution in [3.8, 4) is 0 Å². The molecule has 2 atom stereocenters. The minimum absolute atomic E-state index is 0.0592. The highest BCUT2D eigenvalue weighted by atomic mass is 16.5. The van der Waals surface area contributed by atoms with Crippen LogP contribution in [0.25, 0.3) is 0 Å². The van der Waals surface area contributed by atoms with Gasteiger partial charge in [0.2, 0.25) is 5.91 Å². The van der Waals surface area contributed by atoms with Crippen LogP contribution in [0.3, 0.4) is 0 Å². The first-order chi connectivity index (χ1) is 12.6. The minimum Gasteiger partial charge on any atom is -0.453 e. The number of carbonyl (C=O) groups is 2. The Hall–Kier alpha value is -2.04. The number of piperidine rings is 1. The van der Waals surface area contributed by atoms with E-state index in [1.54, 1.807) is 0 Å². The zero-order valence-electron chi connectivity index (χ0n) is 15.2. The standard InChI is InChI=1S/C21H26N2O3/c1-26-20(25)22-18-8-15(9-18)19(24)23-11-17-10-21(17,12-23)16-6-4-14(5-7-16)13-2-3-13/h4-7,13,15,17-18H,2-3,8-12H2,1H3,(H,22,25). The molecule has 4 fully saturated rings. The Morgan fingerprint density at radius 1 is 1.19 bits per heavy atom. The van der Waals surface area contributed by atoms with Gasteiger partial charge in [-0.05, 0) is 55.1 Å². The van der Waals surface area contributed by atoms with Crippen LogP contribution in [0.15, 0.2) is 24.3 Å². The van der Waals surface area contributed by atoms with Crippen LogP contribution in [0.1, 0.15) is 49.1 Å². The number of hydrogen-bond acceptors (Lipinski definition) is 3. The molecule has 1 N–H and O–H groups in total. The molecule has 3 aliphatic carbocycles. The average Bonchev–Trinajstić information content (AvgIpc) is 3.55. The lowest BCUT2D eigenvalue weighted by Crippen LogP contribution is -2.50. The van der Waals surface area contributed by atoms with Crippen LogP contribution >= 0.6 is 0 Å². The maximum Gasteiger partial charge on any atom is 0.407 e. The maximum absolute atomic E-state index is 12.8. The molecule has 1 aromatic carbocycles. The summed E-state index contributed by atoms with van der Waals surface area (Å²) in [6, 6.07) is 9.30. The summed E-state index contributed by atoms with van der Waals surface area (Å²) in [5.41, 5.74) is 3.11. The Morgan fingerprint density at radius 2 is 1.92 bits per heavy atom. The van der Waals surface area contributed by atoms with Gasteiger partial charge < -0.3 is 15.0 Å². The second-order valence-electron chi connectivity index (χ2n) is 8.67. The third kappa shape index (κ3) is 2.60. The monoisotopic (exact) mass is 354 g/mol. The molecule has 138 valence electrons. The summed E-state index contributed by atoms with van der Waals surface area (Å²) in [7, 11) is 1.36. The molecule has 5 heteroatoms. The van der Waals surface area contributed by atoms with Gasteiger partial charge in [0, 0.05) is 30.5 Å². The summed E-state index contributed by atoms with van der Waals surface area (Å²) in [6.07, 6.45) is 4.95. The largest absolute Gasteiger partial charge is 0.453 e. The molecular weight excluding hydrogens is 328 g/mol. The lowest BCUT2D eigenvalue weighted by molar-refractivity contribution is -0.138. The molecular formula is C21H26N2O3. The Labute approximate surface area is 154 Å². The normalized spacial score (nSPS) is 34.7. The van der Waals surface area contributed by atoms with Gasteiger partial charge in [-0.2, -0.15) is 0 Å². The number of alkyl carbamates (subject to hydrolysis) is 1. The van der Waals surface area contributed by atoms with Crippen LogP contribution in [0.4, 0.5) is 4.79 Å². The third-order valence-electron chi connectivity index (χ3n) is 6.99. The summed E-state index contributed by atoms with van der Waals surface area (Å²) in [4.78, 5) is 26.1. The average molecular weight is 354 g/mol. The SMILES string of the molecule is COC(=O)NC1CC(C(=O)N2CC3CC3(c3ccc(C4CC4)cc3)C2)C1. The summed E-state index contributed by atoms with van der Waals surface area (Å²) in [6.45, 7) is 1.76. The Morgan fingerprint density at radius 3 is 2.58 bits per heavy atom. The van der Waals surface area contributed by atoms with Crippen LogP contribution in [0.2, 0.25) is 0 Å². The highest BCUT2D eigenvalue weighted by Gasteiger charge is 2.62. The number of rotatable bonds is 4. The Balaban J connectivity index is 1.19. The molecule has 1 aromatic rings. The second-order valence-corrected chi connectivity index (χ2v) is 8.67. The van der Waals surface area contributed by atoms with E-state index in [4.69, 9.17) is 0 Å². The first kappa shape index (κ1) is 16.2. The molecule has 1 aliphatic heterocycles. The van der Waals surface area contributed by atoms with Gasteiger partial charge in [-0.1, -0.05) is 24.3 Å². The first-order valence-electron chi connectivity index (χ1n) is 9.83. The molecule has 2 unspecified atom stereocenters. The van der Waals surface area contributed by atoms with Crippen molar-refractivity contribution >= 4 is 12.0 Å². The molecule has 0 bridgehead atoms. The van der Waals surface area contributed by atoms with Crippen molar-refractivity contribution in [2.24, 2.45) is 11.8 Å². The fourth-order valence-electron chi connectivity index (χ4n) is 5.02. The highest BCUT2D eigenvalue weighted by molar-refractivity contribution is 5.81. The molecule has 5 rings (SSSR count). The zero-order chi connectivity index (χ0) is 17.9. The topological polar surface area (TPSA) is 58.6 Å². The number of carbonyl (C=O) groups excluding carboxylic acids is 2. The lowest BCUT2D eigenvalue weighted by Gasteiger charge is -2.37. The number of nitrogens with zero attached hydrogens (tertiary/aromatic N) is 1. The van der Waals surface area contributed by atoms with Gasteiger partial charge >= 0.3 is 6.09 Å². The van der Waals surface area contributed by atoms with Gasteiger partial charge in [-0.3, -0.25) is 4.79 Å². The van der Waals surface area contributed by atoms with E-state index in [1.165, 1.54) is 37.5 Å². The number of fused-ring (bicyclic) bond motifs is 1. The molecule has 0 spiro atoms. The molecule has 0 aromatic heterocycles. The fourth-order valence-corrected chi connectivity index (χ4v) is 5.02. The number of methoxy groups -OCH3 is 1. The van der Waals surface area contributed by atoms with E-state index in [2.05, 4.69) is 39.2 Å². The van der Waals surface area contributed by atoms with Gasteiger partial charge in [-0.15, -0.1) is 0 Å². The molecule has 26 heavy (non-hydrogen) atoms. The fraction of sp³-hybridized carbons (Fsp3) is 0.619. The number of likely N-dealkylation sites (tertiary alicyclic amines) is 1.